The number of piperidine rings is 2. The third-order valence-corrected chi connectivity index (χ3v) is 13.3. The Balaban J connectivity index is 0.000000204. The Labute approximate surface area is 376 Å². The van der Waals surface area contributed by atoms with Crippen molar-refractivity contribution in [3.05, 3.63) is 68.8 Å². The van der Waals surface area contributed by atoms with Crippen molar-refractivity contribution < 1.29 is 48.3 Å². The first kappa shape index (κ1) is 48.3. The van der Waals surface area contributed by atoms with Crippen molar-refractivity contribution in [3.8, 4) is 0 Å². The van der Waals surface area contributed by atoms with Gasteiger partial charge in [0.05, 0.1) is 45.8 Å². The van der Waals surface area contributed by atoms with Crippen LogP contribution in [0.4, 0.5) is 8.78 Å². The molecule has 0 bridgehead atoms. The summed E-state index contributed by atoms with van der Waals surface area (Å²) in [6, 6.07) is 8.49. The number of halogens is 5. The zero-order valence-corrected chi connectivity index (χ0v) is 39.5. The molecule has 4 saturated heterocycles. The van der Waals surface area contributed by atoms with Crippen molar-refractivity contribution in [1.29, 1.82) is 0 Å². The van der Waals surface area contributed by atoms with Gasteiger partial charge < -0.3 is 36.0 Å². The number of hydrogen-bond acceptors (Lipinski definition) is 9. The van der Waals surface area contributed by atoms with E-state index in [1.165, 1.54) is 22.3 Å². The molecule has 4 fully saturated rings. The first-order chi connectivity index (χ1) is 27.5. The van der Waals surface area contributed by atoms with E-state index >= 15 is 0 Å². The summed E-state index contributed by atoms with van der Waals surface area (Å²) in [5, 5.41) is 38.4. The number of carbonyl (C=O) groups is 2. The molecule has 0 radical (unpaired) electrons. The fraction of sp³-hybridized carbons (Fsp3) is 0.659. The predicted molar refractivity (Wildman–Crippen MR) is 233 cm³/mol. The molecule has 17 heteroatoms. The van der Waals surface area contributed by atoms with E-state index in [1.54, 1.807) is 4.90 Å². The van der Waals surface area contributed by atoms with Gasteiger partial charge in [0.25, 0.3) is 0 Å². The molecule has 2 amide bonds. The van der Waals surface area contributed by atoms with Gasteiger partial charge in [-0.25, -0.2) is 0 Å². The number of benzene rings is 2. The van der Waals surface area contributed by atoms with Gasteiger partial charge in [0.15, 0.2) is 0 Å². The summed E-state index contributed by atoms with van der Waals surface area (Å²) in [6.45, 7) is 5.37. The van der Waals surface area contributed by atoms with Gasteiger partial charge in [0.2, 0.25) is 11.8 Å². The zero-order valence-electron chi connectivity index (χ0n) is 33.0. The van der Waals surface area contributed by atoms with Crippen LogP contribution in [0.1, 0.15) is 89.2 Å². The van der Waals surface area contributed by atoms with Crippen molar-refractivity contribution in [2.45, 2.75) is 102 Å². The maximum absolute atomic E-state index is 13.0. The van der Waals surface area contributed by atoms with Gasteiger partial charge in [0.1, 0.15) is 0 Å². The molecule has 6 heterocycles. The molecule has 6 aliphatic rings. The Kier molecular flexibility index (Phi) is 18.4. The average molecular weight is 1100 g/mol. The fourth-order valence-electron chi connectivity index (χ4n) is 10.3. The summed E-state index contributed by atoms with van der Waals surface area (Å²) in [4.78, 5) is 33.3. The fourth-order valence-corrected chi connectivity index (χ4v) is 10.3. The molecule has 6 aliphatic heterocycles. The Morgan fingerprint density at radius 3 is 1.50 bits per heavy atom. The molecule has 0 spiro atoms. The van der Waals surface area contributed by atoms with Crippen molar-refractivity contribution in [2.75, 3.05) is 52.6 Å². The zero-order chi connectivity index (χ0) is 41.0. The quantitative estimate of drug-likeness (QED) is 0.241. The predicted octanol–water partition coefficient (Wildman–Crippen LogP) is 4.48. The van der Waals surface area contributed by atoms with E-state index in [1.807, 2.05) is 23.1 Å². The van der Waals surface area contributed by atoms with Crippen LogP contribution in [-0.2, 0) is 58.3 Å². The number of hydrogen-bond donors (Lipinski definition) is 5. The van der Waals surface area contributed by atoms with E-state index in [0.717, 1.165) is 67.6 Å². The van der Waals surface area contributed by atoms with E-state index in [2.05, 4.69) is 62.7 Å². The normalized spacial score (nSPS) is 29.2. The van der Waals surface area contributed by atoms with Gasteiger partial charge in [-0.05, 0) is 76.1 Å². The summed E-state index contributed by atoms with van der Waals surface area (Å²) >= 11 is 4.74. The van der Waals surface area contributed by atoms with E-state index in [9.17, 15) is 38.8 Å². The summed E-state index contributed by atoms with van der Waals surface area (Å²) in [6.07, 6.45) is 4.09. The number of aliphatic hydroxyl groups excluding tert-OH is 4. The van der Waals surface area contributed by atoms with Gasteiger partial charge in [-0.15, -0.1) is 12.4 Å². The van der Waals surface area contributed by atoms with Crippen molar-refractivity contribution in [3.63, 3.8) is 0 Å². The van der Waals surface area contributed by atoms with Crippen LogP contribution in [0.25, 0.3) is 0 Å². The van der Waals surface area contributed by atoms with E-state index < -0.39 is 13.3 Å². The first-order valence-corrected chi connectivity index (χ1v) is 29.1. The van der Waals surface area contributed by atoms with Gasteiger partial charge in [-0.3, -0.25) is 28.2 Å². The molecule has 6 N–H and O–H groups in total. The SMILES string of the molecule is C[C@H]1C[C@H]2c3cc(CO)c(CO)cc3CCN2C[C@@H]1N1C[C@@H](CF)CC1=O.Cl.N[C@H]1C[C@H]2c3cc(CO)c(CO)cc3CCN2C[C@@H]1N1C[C@@H](CF)CC1=O.[I][V][I]. The number of nitrogens with two attached hydrogens (primary N) is 1. The number of fused-ring (bicyclic) bond motifs is 6. The molecule has 323 valence electrons. The third kappa shape index (κ3) is 10.4. The third-order valence-electron chi connectivity index (χ3n) is 13.3. The molecular formula is C41H58ClF2I2N5O6V. The minimum atomic E-state index is -0.457. The summed E-state index contributed by atoms with van der Waals surface area (Å²) in [5.74, 6) is 0.112. The Bertz CT molecular complexity index is 1620. The van der Waals surface area contributed by atoms with Crippen LogP contribution < -0.4 is 5.73 Å². The molecule has 58 heavy (non-hydrogen) atoms. The Hall–Kier alpha value is -0.706. The number of alkyl halides is 2. The van der Waals surface area contributed by atoms with Crippen molar-refractivity contribution >= 4 is 64.2 Å². The van der Waals surface area contributed by atoms with Crippen molar-refractivity contribution in [2.24, 2.45) is 23.5 Å². The van der Waals surface area contributed by atoms with Crippen LogP contribution in [0, 0.1) is 17.8 Å². The second-order valence-corrected chi connectivity index (χ2v) is 28.4. The van der Waals surface area contributed by atoms with Crippen LogP contribution in [0.2, 0.25) is 0 Å². The molecule has 2 aromatic carbocycles. The molecule has 0 aliphatic carbocycles. The summed E-state index contributed by atoms with van der Waals surface area (Å²) < 4.78 is 26.1. The van der Waals surface area contributed by atoms with Gasteiger partial charge >= 0.3 is 49.4 Å². The standard InChI is InChI=1S/C21H29FN2O3.C20H28FN3O3.ClH.2HI.V/c1-13-4-19-18-7-17(12-26)16(11-25)6-15(18)2-3-23(19)10-20(13)24-9-14(8-22)5-21(24)27;21-7-12-3-20(27)24(8-12)19-9-23-2-1-13-4-14(10-25)15(11-26)5-16(13)18(23)6-17(19)22;;;;/h6-7,13-14,19-20,25-26H,2-5,8-12H2,1H3;4-5,12,17-19,25-26H,1-3,6-11,22H2;3*1H;/q;;;;;+2/p-2/t13-,14+,19-,20-;12-,17+,18+,19+;;;;/m01..../s1. The van der Waals surface area contributed by atoms with Gasteiger partial charge in [0, 0.05) is 88.1 Å². The molecule has 11 nitrogen and oxygen atoms in total. The van der Waals surface area contributed by atoms with Gasteiger partial charge in [-0.1, -0.05) is 31.2 Å². The van der Waals surface area contributed by atoms with Crippen LogP contribution in [-0.4, -0.2) is 123 Å². The van der Waals surface area contributed by atoms with E-state index in [0.29, 0.717) is 41.4 Å². The number of aliphatic hydroxyl groups is 4. The molecule has 2 aromatic rings. The van der Waals surface area contributed by atoms with Gasteiger partial charge in [-0.2, -0.15) is 0 Å². The summed E-state index contributed by atoms with van der Waals surface area (Å²) in [7, 11) is 0.628. The number of nitrogens with zero attached hydrogens (tertiary/aromatic N) is 4. The first-order valence-electron chi connectivity index (χ1n) is 20.1. The van der Waals surface area contributed by atoms with Crippen molar-refractivity contribution in [1.82, 2.24) is 19.6 Å². The Morgan fingerprint density at radius 2 is 1.09 bits per heavy atom. The maximum atomic E-state index is 13.0. The number of likely N-dealkylation sites (tertiary alicyclic amines) is 2. The topological polar surface area (TPSA) is 154 Å². The van der Waals surface area contributed by atoms with Crippen LogP contribution in [0.5, 0.6) is 0 Å². The van der Waals surface area contributed by atoms with Crippen LogP contribution in [0.15, 0.2) is 24.3 Å². The van der Waals surface area contributed by atoms with Crippen LogP contribution >= 0.6 is 52.4 Å². The second-order valence-electron chi connectivity index (χ2n) is 16.6. The number of amides is 2. The monoisotopic (exact) mass is 1090 g/mol. The molecule has 0 aromatic heterocycles. The molecule has 8 atom stereocenters. The molecule has 8 rings (SSSR count). The molecular weight excluding hydrogens is 1040 g/mol. The van der Waals surface area contributed by atoms with Crippen LogP contribution in [0.3, 0.4) is 0 Å². The Morgan fingerprint density at radius 1 is 0.690 bits per heavy atom. The average Bonchev–Trinajstić information content (AvgIpc) is 3.80. The summed E-state index contributed by atoms with van der Waals surface area (Å²) in [5.41, 5.74) is 14.5. The number of carbonyl (C=O) groups excluding carboxylic acids is 2. The number of rotatable bonds is 8. The minimum absolute atomic E-state index is 0. The second kappa shape index (κ2) is 22.1. The van der Waals surface area contributed by atoms with E-state index in [4.69, 9.17) is 5.73 Å². The molecule has 0 saturated carbocycles. The van der Waals surface area contributed by atoms with E-state index in [-0.39, 0.29) is 99.1 Å². The molecule has 0 unspecified atom stereocenters.